The number of aromatic nitrogens is 2. The highest BCUT2D eigenvalue weighted by atomic mass is 32.1. The molecule has 1 aromatic heterocycles. The summed E-state index contributed by atoms with van der Waals surface area (Å²) in [4.78, 5) is 0. The van der Waals surface area contributed by atoms with Crippen LogP contribution in [0, 0.1) is 11.6 Å². The Hall–Kier alpha value is -2.54. The van der Waals surface area contributed by atoms with Crippen molar-refractivity contribution in [1.29, 1.82) is 0 Å². The fraction of sp³-hybridized carbons (Fsp3) is 0. The molecule has 0 amide bonds. The highest BCUT2D eigenvalue weighted by Gasteiger charge is 2.05. The van der Waals surface area contributed by atoms with Crippen molar-refractivity contribution in [3.63, 3.8) is 0 Å². The van der Waals surface area contributed by atoms with Crippen molar-refractivity contribution in [1.82, 2.24) is 10.2 Å². The van der Waals surface area contributed by atoms with Gasteiger partial charge < -0.3 is 10.6 Å². The van der Waals surface area contributed by atoms with Crippen molar-refractivity contribution >= 4 is 33.0 Å². The third kappa shape index (κ3) is 3.51. The number of anilines is 4. The van der Waals surface area contributed by atoms with Gasteiger partial charge in [0.1, 0.15) is 11.6 Å². The van der Waals surface area contributed by atoms with Gasteiger partial charge in [0.2, 0.25) is 10.3 Å². The molecule has 106 valence electrons. The van der Waals surface area contributed by atoms with Gasteiger partial charge in [0.25, 0.3) is 0 Å². The van der Waals surface area contributed by atoms with Gasteiger partial charge in [-0.25, -0.2) is 8.78 Å². The second kappa shape index (κ2) is 5.84. The van der Waals surface area contributed by atoms with Gasteiger partial charge in [-0.05, 0) is 36.4 Å². The van der Waals surface area contributed by atoms with Crippen LogP contribution in [0.4, 0.5) is 30.4 Å². The van der Waals surface area contributed by atoms with Crippen LogP contribution in [0.3, 0.4) is 0 Å². The number of hydrogen-bond acceptors (Lipinski definition) is 5. The monoisotopic (exact) mass is 304 g/mol. The number of halogens is 2. The minimum absolute atomic E-state index is 0.331. The molecule has 0 aliphatic rings. The summed E-state index contributed by atoms with van der Waals surface area (Å²) in [6.07, 6.45) is 0. The molecule has 0 spiro atoms. The molecular formula is C14H10F2N4S. The van der Waals surface area contributed by atoms with Crippen molar-refractivity contribution in [3.8, 4) is 0 Å². The zero-order valence-corrected chi connectivity index (χ0v) is 11.5. The van der Waals surface area contributed by atoms with Crippen LogP contribution in [0.5, 0.6) is 0 Å². The Kier molecular flexibility index (Phi) is 3.74. The van der Waals surface area contributed by atoms with Crippen LogP contribution in [0.25, 0.3) is 0 Å². The summed E-state index contributed by atoms with van der Waals surface area (Å²) in [6.45, 7) is 0. The van der Waals surface area contributed by atoms with Crippen LogP contribution < -0.4 is 10.6 Å². The molecule has 21 heavy (non-hydrogen) atoms. The number of benzene rings is 2. The average molecular weight is 304 g/mol. The lowest BCUT2D eigenvalue weighted by molar-refractivity contribution is 0.628. The van der Waals surface area contributed by atoms with Gasteiger partial charge in [-0.15, -0.1) is 10.2 Å². The largest absolute Gasteiger partial charge is 0.330 e. The van der Waals surface area contributed by atoms with E-state index in [9.17, 15) is 8.78 Å². The standard InChI is InChI=1S/C14H10F2N4S/c15-9-3-1-5-11(7-9)17-13-19-20-14(21-13)18-12-6-2-4-10(16)8-12/h1-8H,(H,17,19)(H,18,20). The molecule has 0 bridgehead atoms. The Morgan fingerprint density at radius 3 is 1.67 bits per heavy atom. The van der Waals surface area contributed by atoms with Gasteiger partial charge in [0.05, 0.1) is 0 Å². The van der Waals surface area contributed by atoms with E-state index < -0.39 is 0 Å². The Bertz CT molecular complexity index is 698. The normalized spacial score (nSPS) is 10.4. The maximum absolute atomic E-state index is 13.1. The number of nitrogens with zero attached hydrogens (tertiary/aromatic N) is 2. The summed E-state index contributed by atoms with van der Waals surface area (Å²) in [5.41, 5.74) is 1.17. The molecular weight excluding hydrogens is 294 g/mol. The summed E-state index contributed by atoms with van der Waals surface area (Å²) in [7, 11) is 0. The van der Waals surface area contributed by atoms with E-state index in [1.165, 1.54) is 35.6 Å². The molecule has 0 saturated carbocycles. The van der Waals surface area contributed by atoms with Crippen molar-refractivity contribution in [2.24, 2.45) is 0 Å². The van der Waals surface area contributed by atoms with E-state index in [2.05, 4.69) is 20.8 Å². The van der Waals surface area contributed by atoms with E-state index >= 15 is 0 Å². The Labute approximate surface area is 123 Å². The predicted octanol–water partition coefficient (Wildman–Crippen LogP) is 4.30. The van der Waals surface area contributed by atoms with Gasteiger partial charge in [-0.2, -0.15) is 0 Å². The molecule has 0 radical (unpaired) electrons. The molecule has 0 aliphatic heterocycles. The van der Waals surface area contributed by atoms with Crippen LogP contribution in [-0.4, -0.2) is 10.2 Å². The van der Waals surface area contributed by atoms with E-state index in [0.29, 0.717) is 21.6 Å². The zero-order valence-electron chi connectivity index (χ0n) is 10.7. The molecule has 2 N–H and O–H groups in total. The first kappa shape index (κ1) is 13.4. The van der Waals surface area contributed by atoms with Gasteiger partial charge in [0.15, 0.2) is 0 Å². The molecule has 0 saturated heterocycles. The fourth-order valence-electron chi connectivity index (χ4n) is 1.70. The SMILES string of the molecule is Fc1cccc(Nc2nnc(Nc3cccc(F)c3)s2)c1. The van der Waals surface area contributed by atoms with Crippen molar-refractivity contribution < 1.29 is 8.78 Å². The van der Waals surface area contributed by atoms with Gasteiger partial charge in [-0.3, -0.25) is 0 Å². The highest BCUT2D eigenvalue weighted by Crippen LogP contribution is 2.26. The number of rotatable bonds is 4. The molecule has 4 nitrogen and oxygen atoms in total. The van der Waals surface area contributed by atoms with Crippen LogP contribution >= 0.6 is 11.3 Å². The third-order valence-corrected chi connectivity index (χ3v) is 3.33. The Morgan fingerprint density at radius 2 is 1.24 bits per heavy atom. The van der Waals surface area contributed by atoms with E-state index in [1.807, 2.05) is 0 Å². The van der Waals surface area contributed by atoms with E-state index in [4.69, 9.17) is 0 Å². The number of hydrogen-bond donors (Lipinski definition) is 2. The smallest absolute Gasteiger partial charge is 0.211 e. The summed E-state index contributed by atoms with van der Waals surface area (Å²) < 4.78 is 26.2. The third-order valence-electron chi connectivity index (χ3n) is 2.58. The molecule has 0 unspecified atom stereocenters. The van der Waals surface area contributed by atoms with Gasteiger partial charge >= 0.3 is 0 Å². The lowest BCUT2D eigenvalue weighted by Gasteiger charge is -2.01. The minimum Gasteiger partial charge on any atom is -0.330 e. The summed E-state index contributed by atoms with van der Waals surface area (Å²) in [5, 5.41) is 14.8. The molecule has 3 aromatic rings. The van der Waals surface area contributed by atoms with Crippen LogP contribution in [-0.2, 0) is 0 Å². The topological polar surface area (TPSA) is 49.8 Å². The lowest BCUT2D eigenvalue weighted by Crippen LogP contribution is -1.90. The van der Waals surface area contributed by atoms with E-state index in [0.717, 1.165) is 0 Å². The summed E-state index contributed by atoms with van der Waals surface area (Å²) in [5.74, 6) is -0.662. The first-order valence-corrected chi connectivity index (χ1v) is 6.89. The second-order valence-corrected chi connectivity index (χ2v) is 5.16. The van der Waals surface area contributed by atoms with E-state index in [-0.39, 0.29) is 11.6 Å². The van der Waals surface area contributed by atoms with Crippen molar-refractivity contribution in [2.45, 2.75) is 0 Å². The quantitative estimate of drug-likeness (QED) is 0.754. The Balaban J connectivity index is 1.71. The molecule has 0 atom stereocenters. The first-order valence-electron chi connectivity index (χ1n) is 6.08. The summed E-state index contributed by atoms with van der Waals surface area (Å²) >= 11 is 1.24. The molecule has 0 fully saturated rings. The fourth-order valence-corrected chi connectivity index (χ4v) is 2.39. The van der Waals surface area contributed by atoms with Gasteiger partial charge in [-0.1, -0.05) is 23.5 Å². The molecule has 7 heteroatoms. The lowest BCUT2D eigenvalue weighted by atomic mass is 10.3. The minimum atomic E-state index is -0.331. The maximum Gasteiger partial charge on any atom is 0.211 e. The number of nitrogens with one attached hydrogen (secondary N) is 2. The van der Waals surface area contributed by atoms with Gasteiger partial charge in [0, 0.05) is 11.4 Å². The predicted molar refractivity (Wildman–Crippen MR) is 79.3 cm³/mol. The molecule has 1 heterocycles. The molecule has 3 rings (SSSR count). The average Bonchev–Trinajstić information content (AvgIpc) is 2.86. The van der Waals surface area contributed by atoms with Crippen LogP contribution in [0.1, 0.15) is 0 Å². The summed E-state index contributed by atoms with van der Waals surface area (Å²) in [6, 6.07) is 12.1. The van der Waals surface area contributed by atoms with E-state index in [1.54, 1.807) is 24.3 Å². The van der Waals surface area contributed by atoms with Crippen LogP contribution in [0.15, 0.2) is 48.5 Å². The van der Waals surface area contributed by atoms with Crippen molar-refractivity contribution in [3.05, 3.63) is 60.2 Å². The Morgan fingerprint density at radius 1 is 0.762 bits per heavy atom. The van der Waals surface area contributed by atoms with Crippen molar-refractivity contribution in [2.75, 3.05) is 10.6 Å². The first-order chi connectivity index (χ1) is 10.2. The molecule has 0 aliphatic carbocycles. The molecule has 2 aromatic carbocycles. The van der Waals surface area contributed by atoms with Crippen LogP contribution in [0.2, 0.25) is 0 Å². The zero-order chi connectivity index (χ0) is 14.7. The maximum atomic E-state index is 13.1. The highest BCUT2D eigenvalue weighted by molar-refractivity contribution is 7.19. The second-order valence-electron chi connectivity index (χ2n) is 4.18.